The van der Waals surface area contributed by atoms with E-state index in [1.165, 1.54) is 23.6 Å². The molecular weight excluding hydrogens is 392 g/mol. The number of nitrogens with zero attached hydrogens (tertiary/aromatic N) is 3. The SMILES string of the molecule is Cc1ccc(NC(=O)Cn2nc(C3CCC(C)CC3)ccc2=O)cc1N1C=COCC1. The van der Waals surface area contributed by atoms with Crippen molar-refractivity contribution in [1.82, 2.24) is 9.78 Å². The Labute approximate surface area is 182 Å². The normalized spacial score (nSPS) is 20.9. The van der Waals surface area contributed by atoms with Gasteiger partial charge >= 0.3 is 0 Å². The molecule has 0 bridgehead atoms. The number of rotatable bonds is 5. The average molecular weight is 423 g/mol. The van der Waals surface area contributed by atoms with Gasteiger partial charge in [-0.25, -0.2) is 4.68 Å². The number of benzene rings is 1. The molecule has 0 unspecified atom stereocenters. The summed E-state index contributed by atoms with van der Waals surface area (Å²) in [5.74, 6) is 0.851. The molecule has 7 heteroatoms. The van der Waals surface area contributed by atoms with Crippen molar-refractivity contribution in [1.29, 1.82) is 0 Å². The van der Waals surface area contributed by atoms with Crippen LogP contribution in [-0.4, -0.2) is 28.8 Å². The van der Waals surface area contributed by atoms with E-state index in [0.717, 1.165) is 42.2 Å². The number of aryl methyl sites for hydroxylation is 1. The van der Waals surface area contributed by atoms with E-state index in [0.29, 0.717) is 18.2 Å². The van der Waals surface area contributed by atoms with Gasteiger partial charge in [-0.1, -0.05) is 25.8 Å². The van der Waals surface area contributed by atoms with E-state index >= 15 is 0 Å². The highest BCUT2D eigenvalue weighted by molar-refractivity contribution is 5.91. The van der Waals surface area contributed by atoms with Crippen molar-refractivity contribution in [3.05, 3.63) is 64.4 Å². The van der Waals surface area contributed by atoms with E-state index in [4.69, 9.17) is 4.74 Å². The van der Waals surface area contributed by atoms with E-state index in [1.807, 2.05) is 37.4 Å². The summed E-state index contributed by atoms with van der Waals surface area (Å²) in [7, 11) is 0. The van der Waals surface area contributed by atoms with E-state index in [2.05, 4.69) is 22.2 Å². The smallest absolute Gasteiger partial charge is 0.267 e. The summed E-state index contributed by atoms with van der Waals surface area (Å²) in [4.78, 5) is 27.1. The molecular formula is C24H30N4O3. The molecule has 1 aromatic heterocycles. The summed E-state index contributed by atoms with van der Waals surface area (Å²) in [5.41, 5.74) is 3.47. The third-order valence-corrected chi connectivity index (χ3v) is 6.20. The molecule has 1 amide bonds. The minimum absolute atomic E-state index is 0.101. The Morgan fingerprint density at radius 2 is 2.00 bits per heavy atom. The Morgan fingerprint density at radius 3 is 2.74 bits per heavy atom. The van der Waals surface area contributed by atoms with Gasteiger partial charge < -0.3 is 15.0 Å². The summed E-state index contributed by atoms with van der Waals surface area (Å²) in [6.45, 7) is 5.58. The maximum Gasteiger partial charge on any atom is 0.267 e. The molecule has 31 heavy (non-hydrogen) atoms. The standard InChI is InChI=1S/C24H30N4O3/c1-17-3-6-19(7-4-17)21-9-10-24(30)28(26-21)16-23(29)25-20-8-5-18(2)22(15-20)27-11-13-31-14-12-27/h5,8-11,13,15,17,19H,3-4,6-7,12,14,16H2,1-2H3,(H,25,29). The van der Waals surface area contributed by atoms with Gasteiger partial charge in [0.25, 0.3) is 5.56 Å². The number of amides is 1. The molecule has 1 N–H and O–H groups in total. The van der Waals surface area contributed by atoms with Gasteiger partial charge in [-0.15, -0.1) is 0 Å². The van der Waals surface area contributed by atoms with Crippen LogP contribution in [0.3, 0.4) is 0 Å². The average Bonchev–Trinajstić information content (AvgIpc) is 2.78. The molecule has 2 heterocycles. The molecule has 1 saturated carbocycles. The molecule has 4 rings (SSSR count). The molecule has 2 aliphatic rings. The molecule has 164 valence electrons. The fourth-order valence-corrected chi connectivity index (χ4v) is 4.30. The number of carbonyl (C=O) groups is 1. The summed E-state index contributed by atoms with van der Waals surface area (Å²) < 4.78 is 6.54. The second-order valence-electron chi connectivity index (χ2n) is 8.61. The predicted molar refractivity (Wildman–Crippen MR) is 121 cm³/mol. The number of hydrogen-bond donors (Lipinski definition) is 1. The Bertz CT molecular complexity index is 1020. The van der Waals surface area contributed by atoms with E-state index in [1.54, 1.807) is 6.26 Å². The van der Waals surface area contributed by atoms with Gasteiger partial charge in [0, 0.05) is 29.6 Å². The number of ether oxygens (including phenoxy) is 1. The summed E-state index contributed by atoms with van der Waals surface area (Å²) in [6.07, 6.45) is 8.09. The van der Waals surface area contributed by atoms with Crippen molar-refractivity contribution >= 4 is 17.3 Å². The molecule has 0 saturated heterocycles. The third kappa shape index (κ3) is 5.16. The molecule has 2 aromatic rings. The van der Waals surface area contributed by atoms with Gasteiger partial charge in [-0.3, -0.25) is 9.59 Å². The summed E-state index contributed by atoms with van der Waals surface area (Å²) >= 11 is 0. The van der Waals surface area contributed by atoms with Gasteiger partial charge in [-0.2, -0.15) is 5.10 Å². The fraction of sp³-hybridized carbons (Fsp3) is 0.458. The predicted octanol–water partition coefficient (Wildman–Crippen LogP) is 3.79. The van der Waals surface area contributed by atoms with Crippen molar-refractivity contribution < 1.29 is 9.53 Å². The number of carbonyl (C=O) groups excluding carboxylic acids is 1. The van der Waals surface area contributed by atoms with Crippen molar-refractivity contribution in [2.75, 3.05) is 23.4 Å². The molecule has 1 aliphatic heterocycles. The van der Waals surface area contributed by atoms with Gasteiger partial charge in [0.15, 0.2) is 0 Å². The molecule has 0 spiro atoms. The highest BCUT2D eigenvalue weighted by Gasteiger charge is 2.21. The Hall–Kier alpha value is -3.09. The van der Waals surface area contributed by atoms with Crippen LogP contribution in [0.2, 0.25) is 0 Å². The van der Waals surface area contributed by atoms with Crippen LogP contribution in [0.1, 0.15) is 49.8 Å². The van der Waals surface area contributed by atoms with Gasteiger partial charge in [0.1, 0.15) is 13.2 Å². The minimum atomic E-state index is -0.267. The van der Waals surface area contributed by atoms with E-state index in [-0.39, 0.29) is 18.0 Å². The quantitative estimate of drug-likeness (QED) is 0.793. The molecule has 0 radical (unpaired) electrons. The monoisotopic (exact) mass is 422 g/mol. The lowest BCUT2D eigenvalue weighted by molar-refractivity contribution is -0.117. The lowest BCUT2D eigenvalue weighted by Gasteiger charge is -2.26. The maximum absolute atomic E-state index is 12.7. The summed E-state index contributed by atoms with van der Waals surface area (Å²) in [6, 6.07) is 9.14. The van der Waals surface area contributed by atoms with E-state index in [9.17, 15) is 9.59 Å². The lowest BCUT2D eigenvalue weighted by Crippen LogP contribution is -2.30. The Balaban J connectivity index is 1.45. The Morgan fingerprint density at radius 1 is 1.19 bits per heavy atom. The van der Waals surface area contributed by atoms with Crippen LogP contribution < -0.4 is 15.8 Å². The van der Waals surface area contributed by atoms with Crippen LogP contribution >= 0.6 is 0 Å². The molecule has 7 nitrogen and oxygen atoms in total. The van der Waals surface area contributed by atoms with Crippen LogP contribution in [-0.2, 0) is 16.1 Å². The van der Waals surface area contributed by atoms with Gasteiger partial charge in [-0.05, 0) is 49.4 Å². The van der Waals surface area contributed by atoms with Crippen LogP contribution in [0.5, 0.6) is 0 Å². The highest BCUT2D eigenvalue weighted by Crippen LogP contribution is 2.34. The second kappa shape index (κ2) is 9.37. The van der Waals surface area contributed by atoms with Crippen LogP contribution in [0.4, 0.5) is 11.4 Å². The van der Waals surface area contributed by atoms with Crippen LogP contribution in [0, 0.1) is 12.8 Å². The van der Waals surface area contributed by atoms with Crippen molar-refractivity contribution in [3.8, 4) is 0 Å². The first kappa shape index (κ1) is 21.2. The summed E-state index contributed by atoms with van der Waals surface area (Å²) in [5, 5.41) is 7.43. The number of anilines is 2. The van der Waals surface area contributed by atoms with Crippen LogP contribution in [0.25, 0.3) is 0 Å². The zero-order valence-corrected chi connectivity index (χ0v) is 18.2. The van der Waals surface area contributed by atoms with Crippen LogP contribution in [0.15, 0.2) is 47.6 Å². The van der Waals surface area contributed by atoms with Crippen molar-refractivity contribution in [2.45, 2.75) is 52.0 Å². The number of nitrogens with one attached hydrogen (secondary N) is 1. The molecule has 0 atom stereocenters. The van der Waals surface area contributed by atoms with Crippen molar-refractivity contribution in [3.63, 3.8) is 0 Å². The zero-order chi connectivity index (χ0) is 21.8. The number of aromatic nitrogens is 2. The first-order chi connectivity index (χ1) is 15.0. The maximum atomic E-state index is 12.7. The highest BCUT2D eigenvalue weighted by atomic mass is 16.5. The molecule has 1 aliphatic carbocycles. The lowest BCUT2D eigenvalue weighted by atomic mass is 9.81. The zero-order valence-electron chi connectivity index (χ0n) is 18.2. The topological polar surface area (TPSA) is 76.5 Å². The van der Waals surface area contributed by atoms with Gasteiger partial charge in [0.2, 0.25) is 5.91 Å². The first-order valence-electron chi connectivity index (χ1n) is 11.0. The molecule has 1 aromatic carbocycles. The Kier molecular flexibility index (Phi) is 6.39. The van der Waals surface area contributed by atoms with Gasteiger partial charge in [0.05, 0.1) is 18.5 Å². The fourth-order valence-electron chi connectivity index (χ4n) is 4.30. The largest absolute Gasteiger partial charge is 0.498 e. The second-order valence-corrected chi connectivity index (χ2v) is 8.61. The first-order valence-corrected chi connectivity index (χ1v) is 11.0. The van der Waals surface area contributed by atoms with Crippen molar-refractivity contribution in [2.24, 2.45) is 5.92 Å². The number of hydrogen-bond acceptors (Lipinski definition) is 5. The molecule has 1 fully saturated rings. The third-order valence-electron chi connectivity index (χ3n) is 6.20. The minimum Gasteiger partial charge on any atom is -0.498 e. The van der Waals surface area contributed by atoms with E-state index < -0.39 is 0 Å².